The number of aromatic nitrogens is 2. The number of rotatable bonds is 3. The van der Waals surface area contributed by atoms with Crippen molar-refractivity contribution < 1.29 is 0 Å². The summed E-state index contributed by atoms with van der Waals surface area (Å²) in [5.41, 5.74) is 6.45. The monoisotopic (exact) mass is 614 g/mol. The molecule has 0 aliphatic rings. The Morgan fingerprint density at radius 3 is 1.66 bits per heavy atom. The molecule has 3 heteroatoms. The molecular weight excluding hydrogens is 589 g/mol. The summed E-state index contributed by atoms with van der Waals surface area (Å²) < 4.78 is 2.66. The summed E-state index contributed by atoms with van der Waals surface area (Å²) in [5.74, 6) is 0.735. The normalized spacial score (nSPS) is 11.8. The van der Waals surface area contributed by atoms with Crippen molar-refractivity contribution in [2.24, 2.45) is 0 Å². The van der Waals surface area contributed by atoms with Crippen LogP contribution in [0.2, 0.25) is 0 Å². The van der Waals surface area contributed by atoms with Crippen LogP contribution in [-0.2, 0) is 0 Å². The second-order valence-electron chi connectivity index (χ2n) is 12.2. The highest BCUT2D eigenvalue weighted by molar-refractivity contribution is 7.25. The van der Waals surface area contributed by atoms with Crippen molar-refractivity contribution in [3.63, 3.8) is 0 Å². The smallest absolute Gasteiger partial charge is 0.160 e. The molecule has 2 nitrogen and oxygen atoms in total. The number of thiophene rings is 1. The topological polar surface area (TPSA) is 25.8 Å². The zero-order chi connectivity index (χ0) is 30.9. The highest BCUT2D eigenvalue weighted by atomic mass is 32.1. The first-order valence-electron chi connectivity index (χ1n) is 15.9. The second-order valence-corrected chi connectivity index (χ2v) is 13.2. The predicted molar refractivity (Wildman–Crippen MR) is 201 cm³/mol. The Balaban J connectivity index is 1.19. The van der Waals surface area contributed by atoms with Crippen molar-refractivity contribution >= 4 is 74.7 Å². The summed E-state index contributed by atoms with van der Waals surface area (Å²) in [7, 11) is 0. The molecule has 0 bridgehead atoms. The highest BCUT2D eigenvalue weighted by Crippen LogP contribution is 2.41. The molecule has 0 saturated heterocycles. The lowest BCUT2D eigenvalue weighted by atomic mass is 9.91. The van der Waals surface area contributed by atoms with Gasteiger partial charge < -0.3 is 0 Å². The van der Waals surface area contributed by atoms with Crippen LogP contribution in [0.1, 0.15) is 0 Å². The number of nitrogens with zero attached hydrogens (tertiary/aromatic N) is 2. The van der Waals surface area contributed by atoms with Crippen molar-refractivity contribution in [2.75, 3.05) is 0 Å². The van der Waals surface area contributed by atoms with Crippen molar-refractivity contribution in [1.29, 1.82) is 0 Å². The molecule has 0 fully saturated rings. The van der Waals surface area contributed by atoms with Gasteiger partial charge in [-0.1, -0.05) is 121 Å². The predicted octanol–water partition coefficient (Wildman–Crippen LogP) is 12.5. The van der Waals surface area contributed by atoms with E-state index < -0.39 is 0 Å². The summed E-state index contributed by atoms with van der Waals surface area (Å²) in [6, 6.07) is 56.7. The number of hydrogen-bond donors (Lipinski definition) is 0. The number of benzene rings is 8. The maximum absolute atomic E-state index is 5.18. The van der Waals surface area contributed by atoms with Gasteiger partial charge in [-0.3, -0.25) is 0 Å². The standard InChI is InChI=1S/C44H26N2S/c1-2-10-27(11-3-1)43-36-15-6-8-16-40(36)45-44(46-43)30-19-22-34-37-24-28(18-21-33(37)31-12-4-5-13-32(31)38(34)26-30)29-20-23-42-39(25-29)35-14-7-9-17-41(35)47-42/h1-26H. The average molecular weight is 615 g/mol. The minimum atomic E-state index is 0.735. The Labute approximate surface area is 275 Å². The third-order valence-corrected chi connectivity index (χ3v) is 10.6. The van der Waals surface area contributed by atoms with Gasteiger partial charge in [0, 0.05) is 36.7 Å². The molecule has 10 aromatic rings. The summed E-state index contributed by atoms with van der Waals surface area (Å²) in [6.07, 6.45) is 0. The SMILES string of the molecule is c1ccc(-c2nc(-c3ccc4c5cc(-c6ccc7sc8ccccc8c7c6)ccc5c5ccccc5c4c3)nc3ccccc23)cc1. The maximum Gasteiger partial charge on any atom is 0.160 e. The van der Waals surface area contributed by atoms with Crippen molar-refractivity contribution in [2.45, 2.75) is 0 Å². The fourth-order valence-corrected chi connectivity index (χ4v) is 8.29. The van der Waals surface area contributed by atoms with E-state index in [1.54, 1.807) is 0 Å². The van der Waals surface area contributed by atoms with Gasteiger partial charge in [0.1, 0.15) is 0 Å². The molecule has 218 valence electrons. The van der Waals surface area contributed by atoms with Gasteiger partial charge in [0.15, 0.2) is 5.82 Å². The fourth-order valence-electron chi connectivity index (χ4n) is 7.20. The Morgan fingerprint density at radius 2 is 0.851 bits per heavy atom. The first kappa shape index (κ1) is 26.3. The molecule has 0 aliphatic carbocycles. The lowest BCUT2D eigenvalue weighted by molar-refractivity contribution is 1.23. The first-order chi connectivity index (χ1) is 23.3. The van der Waals surface area contributed by atoms with Crippen LogP contribution in [0.5, 0.6) is 0 Å². The van der Waals surface area contributed by atoms with Crippen LogP contribution < -0.4 is 0 Å². The molecule has 0 amide bonds. The minimum Gasteiger partial charge on any atom is -0.228 e. The molecule has 8 aromatic carbocycles. The van der Waals surface area contributed by atoms with Gasteiger partial charge in [-0.05, 0) is 79.8 Å². The Morgan fingerprint density at radius 1 is 0.319 bits per heavy atom. The largest absolute Gasteiger partial charge is 0.228 e. The van der Waals surface area contributed by atoms with E-state index in [9.17, 15) is 0 Å². The zero-order valence-corrected chi connectivity index (χ0v) is 26.1. The minimum absolute atomic E-state index is 0.735. The Hall–Kier alpha value is -5.90. The van der Waals surface area contributed by atoms with E-state index in [1.807, 2.05) is 23.5 Å². The van der Waals surface area contributed by atoms with Crippen LogP contribution in [0.3, 0.4) is 0 Å². The molecule has 2 heterocycles. The van der Waals surface area contributed by atoms with E-state index in [2.05, 4.69) is 146 Å². The van der Waals surface area contributed by atoms with Crippen LogP contribution in [0.4, 0.5) is 0 Å². The van der Waals surface area contributed by atoms with Crippen molar-refractivity contribution in [3.8, 4) is 33.8 Å². The van der Waals surface area contributed by atoms with Gasteiger partial charge in [0.05, 0.1) is 11.2 Å². The van der Waals surface area contributed by atoms with E-state index in [0.717, 1.165) is 33.5 Å². The number of fused-ring (bicyclic) bond motifs is 10. The summed E-state index contributed by atoms with van der Waals surface area (Å²) in [4.78, 5) is 10.2. The summed E-state index contributed by atoms with van der Waals surface area (Å²) in [5, 5.41) is 11.1. The molecule has 0 radical (unpaired) electrons. The van der Waals surface area contributed by atoms with E-state index in [4.69, 9.17) is 9.97 Å². The molecular formula is C44H26N2S. The van der Waals surface area contributed by atoms with Gasteiger partial charge in [-0.15, -0.1) is 11.3 Å². The summed E-state index contributed by atoms with van der Waals surface area (Å²) in [6.45, 7) is 0. The lowest BCUT2D eigenvalue weighted by Gasteiger charge is -2.14. The molecule has 0 spiro atoms. The Bertz CT molecular complexity index is 2850. The van der Waals surface area contributed by atoms with Crippen LogP contribution in [0.15, 0.2) is 158 Å². The molecule has 0 atom stereocenters. The third-order valence-electron chi connectivity index (χ3n) is 9.46. The average Bonchev–Trinajstić information content (AvgIpc) is 3.52. The van der Waals surface area contributed by atoms with E-state index in [0.29, 0.717) is 0 Å². The van der Waals surface area contributed by atoms with Crippen molar-refractivity contribution in [3.05, 3.63) is 158 Å². The van der Waals surface area contributed by atoms with Crippen LogP contribution >= 0.6 is 11.3 Å². The highest BCUT2D eigenvalue weighted by Gasteiger charge is 2.15. The van der Waals surface area contributed by atoms with E-state index >= 15 is 0 Å². The molecule has 0 unspecified atom stereocenters. The van der Waals surface area contributed by atoms with Gasteiger partial charge in [0.2, 0.25) is 0 Å². The molecule has 0 N–H and O–H groups in total. The van der Waals surface area contributed by atoms with Gasteiger partial charge >= 0.3 is 0 Å². The first-order valence-corrected chi connectivity index (χ1v) is 16.7. The third kappa shape index (κ3) is 4.17. The second kappa shape index (κ2) is 10.3. The molecule has 10 rings (SSSR count). The summed E-state index contributed by atoms with van der Waals surface area (Å²) >= 11 is 1.86. The zero-order valence-electron chi connectivity index (χ0n) is 25.3. The van der Waals surface area contributed by atoms with Gasteiger partial charge in [0.25, 0.3) is 0 Å². The molecule has 2 aromatic heterocycles. The van der Waals surface area contributed by atoms with Gasteiger partial charge in [-0.25, -0.2) is 9.97 Å². The quantitative estimate of drug-likeness (QED) is 0.185. The number of hydrogen-bond acceptors (Lipinski definition) is 3. The number of para-hydroxylation sites is 1. The van der Waals surface area contributed by atoms with Crippen molar-refractivity contribution in [1.82, 2.24) is 9.97 Å². The molecule has 47 heavy (non-hydrogen) atoms. The Kier molecular flexibility index (Phi) is 5.78. The van der Waals surface area contributed by atoms with E-state index in [-0.39, 0.29) is 0 Å². The van der Waals surface area contributed by atoms with E-state index in [1.165, 1.54) is 63.6 Å². The maximum atomic E-state index is 5.18. The van der Waals surface area contributed by atoms with Crippen LogP contribution in [0.25, 0.3) is 97.2 Å². The fraction of sp³-hybridized carbons (Fsp3) is 0. The molecule has 0 saturated carbocycles. The lowest BCUT2D eigenvalue weighted by Crippen LogP contribution is -1.95. The molecule has 0 aliphatic heterocycles. The van der Waals surface area contributed by atoms with Crippen LogP contribution in [0, 0.1) is 0 Å². The van der Waals surface area contributed by atoms with Gasteiger partial charge in [-0.2, -0.15) is 0 Å². The van der Waals surface area contributed by atoms with Crippen LogP contribution in [-0.4, -0.2) is 9.97 Å².